The SMILES string of the molecule is COc1ccc([C@H]2CC(=O)c3c(O)cc(O[C@@H]4O[C@@H](CO[C@H]5O[C@H](C)[C@H](O)[C@@H](O)[C@@H]5O)[C@@H](O)[C@H](O)[C@@H]4O)cc3O2)cc1O. The third-order valence-corrected chi connectivity index (χ3v) is 7.70. The molecule has 3 aliphatic heterocycles. The fourth-order valence-corrected chi connectivity index (χ4v) is 5.20. The van der Waals surface area contributed by atoms with Crippen molar-refractivity contribution in [2.24, 2.45) is 0 Å². The number of benzene rings is 2. The summed E-state index contributed by atoms with van der Waals surface area (Å²) < 4.78 is 33.1. The van der Waals surface area contributed by atoms with E-state index in [0.717, 1.165) is 6.07 Å². The predicted molar refractivity (Wildman–Crippen MR) is 141 cm³/mol. The van der Waals surface area contributed by atoms with Crippen LogP contribution in [0.3, 0.4) is 0 Å². The number of aromatic hydroxyl groups is 2. The molecule has 2 aromatic carbocycles. The van der Waals surface area contributed by atoms with E-state index >= 15 is 0 Å². The molecule has 236 valence electrons. The number of phenols is 2. The van der Waals surface area contributed by atoms with Crippen LogP contribution in [0.15, 0.2) is 30.3 Å². The first-order valence-corrected chi connectivity index (χ1v) is 13.5. The molecule has 43 heavy (non-hydrogen) atoms. The van der Waals surface area contributed by atoms with E-state index < -0.39 is 85.7 Å². The minimum Gasteiger partial charge on any atom is -0.507 e. The highest BCUT2D eigenvalue weighted by molar-refractivity contribution is 6.02. The fourth-order valence-electron chi connectivity index (χ4n) is 5.20. The summed E-state index contributed by atoms with van der Waals surface area (Å²) in [4.78, 5) is 12.9. The third kappa shape index (κ3) is 6.08. The van der Waals surface area contributed by atoms with Crippen LogP contribution in [0.5, 0.6) is 28.7 Å². The van der Waals surface area contributed by atoms with Gasteiger partial charge in [-0.1, -0.05) is 6.07 Å². The quantitative estimate of drug-likeness (QED) is 0.185. The Hall–Kier alpha value is -3.25. The van der Waals surface area contributed by atoms with E-state index in [4.69, 9.17) is 28.4 Å². The minimum absolute atomic E-state index is 0.0457. The highest BCUT2D eigenvalue weighted by atomic mass is 16.7. The zero-order valence-corrected chi connectivity index (χ0v) is 23.1. The van der Waals surface area contributed by atoms with Crippen LogP contribution < -0.4 is 14.2 Å². The number of phenolic OH excluding ortho intramolecular Hbond substituents is 2. The Morgan fingerprint density at radius 1 is 0.837 bits per heavy atom. The van der Waals surface area contributed by atoms with Gasteiger partial charge in [0.05, 0.1) is 26.2 Å². The number of carbonyl (C=O) groups excluding carboxylic acids is 1. The maximum atomic E-state index is 12.9. The van der Waals surface area contributed by atoms with Gasteiger partial charge in [-0.2, -0.15) is 0 Å². The zero-order valence-electron chi connectivity index (χ0n) is 23.1. The van der Waals surface area contributed by atoms with Gasteiger partial charge in [0, 0.05) is 12.1 Å². The minimum atomic E-state index is -1.77. The molecule has 15 heteroatoms. The molecule has 0 aliphatic carbocycles. The number of carbonyl (C=O) groups is 1. The highest BCUT2D eigenvalue weighted by Gasteiger charge is 2.47. The topological polar surface area (TPSA) is 234 Å². The lowest BCUT2D eigenvalue weighted by atomic mass is 9.95. The first-order chi connectivity index (χ1) is 20.4. The Morgan fingerprint density at radius 2 is 1.53 bits per heavy atom. The van der Waals surface area contributed by atoms with E-state index in [2.05, 4.69) is 0 Å². The van der Waals surface area contributed by atoms with Crippen LogP contribution in [0.25, 0.3) is 0 Å². The van der Waals surface area contributed by atoms with Crippen molar-refractivity contribution >= 4 is 5.78 Å². The first kappa shape index (κ1) is 31.2. The molecule has 0 bridgehead atoms. The normalized spacial score (nSPS) is 36.0. The molecule has 2 saturated heterocycles. The van der Waals surface area contributed by atoms with Crippen LogP contribution in [0.4, 0.5) is 0 Å². The van der Waals surface area contributed by atoms with Gasteiger partial charge in [0.25, 0.3) is 0 Å². The Bertz CT molecular complexity index is 1320. The summed E-state index contributed by atoms with van der Waals surface area (Å²) >= 11 is 0. The van der Waals surface area contributed by atoms with Crippen molar-refractivity contribution in [3.05, 3.63) is 41.5 Å². The molecule has 3 aliphatic rings. The first-order valence-electron chi connectivity index (χ1n) is 13.5. The van der Waals surface area contributed by atoms with Crippen molar-refractivity contribution in [3.8, 4) is 28.7 Å². The third-order valence-electron chi connectivity index (χ3n) is 7.70. The van der Waals surface area contributed by atoms with Gasteiger partial charge >= 0.3 is 0 Å². The molecule has 2 fully saturated rings. The van der Waals surface area contributed by atoms with Crippen molar-refractivity contribution in [3.63, 3.8) is 0 Å². The Balaban J connectivity index is 1.30. The number of methoxy groups -OCH3 is 1. The second-order valence-electron chi connectivity index (χ2n) is 10.6. The van der Waals surface area contributed by atoms with Gasteiger partial charge in [0.2, 0.25) is 6.29 Å². The molecule has 0 radical (unpaired) electrons. The summed E-state index contributed by atoms with van der Waals surface area (Å²) in [6.07, 6.45) is -15.9. The maximum absolute atomic E-state index is 12.9. The summed E-state index contributed by atoms with van der Waals surface area (Å²) in [6, 6.07) is 6.90. The smallest absolute Gasteiger partial charge is 0.229 e. The van der Waals surface area contributed by atoms with Gasteiger partial charge in [-0.3, -0.25) is 4.79 Å². The van der Waals surface area contributed by atoms with Crippen LogP contribution >= 0.6 is 0 Å². The number of ketones is 1. The van der Waals surface area contributed by atoms with Gasteiger partial charge in [-0.15, -0.1) is 0 Å². The predicted octanol–water partition coefficient (Wildman–Crippen LogP) is -1.16. The Labute approximate surface area is 245 Å². The molecule has 15 nitrogen and oxygen atoms in total. The van der Waals surface area contributed by atoms with E-state index in [-0.39, 0.29) is 35.0 Å². The molecule has 0 spiro atoms. The zero-order chi connectivity index (χ0) is 31.2. The number of ether oxygens (including phenoxy) is 6. The maximum Gasteiger partial charge on any atom is 0.229 e. The van der Waals surface area contributed by atoms with Gasteiger partial charge < -0.3 is 69.3 Å². The molecule has 8 N–H and O–H groups in total. The van der Waals surface area contributed by atoms with Gasteiger partial charge in [0.15, 0.2) is 23.6 Å². The molecule has 2 aromatic rings. The van der Waals surface area contributed by atoms with Crippen molar-refractivity contribution in [1.29, 1.82) is 0 Å². The number of fused-ring (bicyclic) bond motifs is 1. The van der Waals surface area contributed by atoms with E-state index in [0.29, 0.717) is 5.56 Å². The average molecular weight is 611 g/mol. The number of hydrogen-bond acceptors (Lipinski definition) is 15. The molecule has 0 amide bonds. The lowest BCUT2D eigenvalue weighted by Gasteiger charge is -2.42. The number of aliphatic hydroxyl groups is 6. The molecule has 0 unspecified atom stereocenters. The van der Waals surface area contributed by atoms with Gasteiger partial charge in [0.1, 0.15) is 71.6 Å². The molecule has 11 atom stereocenters. The number of aliphatic hydroxyl groups excluding tert-OH is 6. The number of rotatable bonds is 7. The van der Waals surface area contributed by atoms with Gasteiger partial charge in [-0.05, 0) is 24.6 Å². The van der Waals surface area contributed by atoms with E-state index in [9.17, 15) is 45.6 Å². The van der Waals surface area contributed by atoms with E-state index in [1.807, 2.05) is 0 Å². The summed E-state index contributed by atoms with van der Waals surface area (Å²) in [5, 5.41) is 82.2. The number of Topliss-reactive ketones (excluding diaryl/α,β-unsaturated/α-hetero) is 1. The standard InChI is InChI=1S/C28H34O15/c1-10-21(32)23(34)25(36)27(40-10)39-9-19-22(33)24(35)26(37)28(43-19)41-12-6-14(30)20-15(31)8-17(42-18(20)7-12)11-3-4-16(38-2)13(29)5-11/h3-7,10,17,19,21-30,32-37H,8-9H2,1-2H3/t10-,17-,19+,21+,22-,23-,24+,25+,26+,27+,28-/m1/s1. The molecule has 3 heterocycles. The largest absolute Gasteiger partial charge is 0.507 e. The molecular weight excluding hydrogens is 576 g/mol. The molecule has 5 rings (SSSR count). The second kappa shape index (κ2) is 12.4. The fraction of sp³-hybridized carbons (Fsp3) is 0.536. The van der Waals surface area contributed by atoms with Crippen molar-refractivity contribution in [1.82, 2.24) is 0 Å². The lowest BCUT2D eigenvalue weighted by Crippen LogP contribution is -2.61. The van der Waals surface area contributed by atoms with Crippen LogP contribution in [-0.2, 0) is 14.2 Å². The van der Waals surface area contributed by atoms with Gasteiger partial charge in [-0.25, -0.2) is 0 Å². The monoisotopic (exact) mass is 610 g/mol. The number of hydrogen-bond donors (Lipinski definition) is 8. The van der Waals surface area contributed by atoms with Crippen LogP contribution in [0, 0.1) is 0 Å². The highest BCUT2D eigenvalue weighted by Crippen LogP contribution is 2.43. The second-order valence-corrected chi connectivity index (χ2v) is 10.6. The molecular formula is C28H34O15. The van der Waals surface area contributed by atoms with Crippen LogP contribution in [0.1, 0.15) is 35.4 Å². The molecule has 0 aromatic heterocycles. The van der Waals surface area contributed by atoms with Crippen molar-refractivity contribution in [2.45, 2.75) is 80.9 Å². The average Bonchev–Trinajstić information content (AvgIpc) is 2.97. The lowest BCUT2D eigenvalue weighted by molar-refractivity contribution is -0.318. The van der Waals surface area contributed by atoms with E-state index in [1.165, 1.54) is 32.2 Å². The van der Waals surface area contributed by atoms with E-state index in [1.54, 1.807) is 6.07 Å². The molecule has 0 saturated carbocycles. The van der Waals surface area contributed by atoms with Crippen molar-refractivity contribution < 1.29 is 74.1 Å². The summed E-state index contributed by atoms with van der Waals surface area (Å²) in [5.74, 6) is -0.999. The van der Waals surface area contributed by atoms with Crippen LogP contribution in [-0.4, -0.2) is 122 Å². The Morgan fingerprint density at radius 3 is 2.23 bits per heavy atom. The Kier molecular flexibility index (Phi) is 8.99. The summed E-state index contributed by atoms with van der Waals surface area (Å²) in [5.41, 5.74) is 0.373. The summed E-state index contributed by atoms with van der Waals surface area (Å²) in [7, 11) is 1.39. The summed E-state index contributed by atoms with van der Waals surface area (Å²) in [6.45, 7) is 0.964. The van der Waals surface area contributed by atoms with Crippen LogP contribution in [0.2, 0.25) is 0 Å². The van der Waals surface area contributed by atoms with Crippen molar-refractivity contribution in [2.75, 3.05) is 13.7 Å².